The van der Waals surface area contributed by atoms with Gasteiger partial charge in [0.25, 0.3) is 0 Å². The van der Waals surface area contributed by atoms with Crippen LogP contribution in [0.25, 0.3) is 0 Å². The zero-order valence-corrected chi connectivity index (χ0v) is 12.3. The summed E-state index contributed by atoms with van der Waals surface area (Å²) in [5.41, 5.74) is 0.852. The minimum atomic E-state index is -1.06. The first-order chi connectivity index (χ1) is 10.1. The van der Waals surface area contributed by atoms with Crippen molar-refractivity contribution in [2.24, 2.45) is 0 Å². The molecule has 1 atom stereocenters. The summed E-state index contributed by atoms with van der Waals surface area (Å²) in [7, 11) is -0.868. The number of nitrogens with zero attached hydrogens (tertiary/aromatic N) is 1. The molecule has 1 aliphatic rings. The first kappa shape index (κ1) is 15.5. The van der Waals surface area contributed by atoms with Gasteiger partial charge in [0.1, 0.15) is 6.04 Å². The Morgan fingerprint density at radius 1 is 1.24 bits per heavy atom. The van der Waals surface area contributed by atoms with Gasteiger partial charge in [-0.05, 0) is 5.56 Å². The van der Waals surface area contributed by atoms with E-state index in [4.69, 9.17) is 0 Å². The molecule has 0 aromatic heterocycles. The smallest absolute Gasteiger partial charge is 0.326 e. The number of benzene rings is 1. The molecule has 0 spiro atoms. The maximum Gasteiger partial charge on any atom is 0.326 e. The summed E-state index contributed by atoms with van der Waals surface area (Å²) >= 11 is 0. The van der Waals surface area contributed by atoms with Crippen LogP contribution in [-0.2, 0) is 22.0 Å². The first-order valence-corrected chi connectivity index (χ1v) is 8.22. The van der Waals surface area contributed by atoms with Crippen LogP contribution >= 0.6 is 0 Å². The average Bonchev–Trinajstić information content (AvgIpc) is 2.48. The van der Waals surface area contributed by atoms with E-state index in [-0.39, 0.29) is 6.42 Å². The van der Waals surface area contributed by atoms with Crippen molar-refractivity contribution in [3.63, 3.8) is 0 Å². The van der Waals surface area contributed by atoms with Crippen LogP contribution in [0.4, 0.5) is 4.79 Å². The molecule has 114 valence electrons. The third-order valence-electron chi connectivity index (χ3n) is 3.34. The van der Waals surface area contributed by atoms with Gasteiger partial charge in [0.15, 0.2) is 0 Å². The topological polar surface area (TPSA) is 86.7 Å². The molecule has 0 unspecified atom stereocenters. The number of rotatable bonds is 4. The summed E-state index contributed by atoms with van der Waals surface area (Å²) in [5, 5.41) is 11.8. The van der Waals surface area contributed by atoms with Crippen LogP contribution in [0.3, 0.4) is 0 Å². The Hall–Kier alpha value is -1.89. The van der Waals surface area contributed by atoms with Crippen molar-refractivity contribution in [1.82, 2.24) is 10.2 Å². The molecule has 2 amide bonds. The van der Waals surface area contributed by atoms with Gasteiger partial charge in [-0.25, -0.2) is 9.59 Å². The van der Waals surface area contributed by atoms with Crippen molar-refractivity contribution in [3.05, 3.63) is 35.9 Å². The van der Waals surface area contributed by atoms with E-state index in [1.165, 1.54) is 4.90 Å². The minimum absolute atomic E-state index is 0.238. The Labute approximate surface area is 125 Å². The van der Waals surface area contributed by atoms with Gasteiger partial charge >= 0.3 is 12.0 Å². The van der Waals surface area contributed by atoms with Crippen LogP contribution in [0, 0.1) is 0 Å². The number of urea groups is 1. The van der Waals surface area contributed by atoms with Crippen LogP contribution in [0.15, 0.2) is 30.3 Å². The molecule has 21 heavy (non-hydrogen) atoms. The van der Waals surface area contributed by atoms with Crippen LogP contribution in [0.1, 0.15) is 5.56 Å². The second-order valence-electron chi connectivity index (χ2n) is 4.87. The van der Waals surface area contributed by atoms with Crippen LogP contribution in [-0.4, -0.2) is 56.9 Å². The molecule has 0 bridgehead atoms. The summed E-state index contributed by atoms with van der Waals surface area (Å²) < 4.78 is 11.3. The van der Waals surface area contributed by atoms with E-state index in [2.05, 4.69) is 5.32 Å². The summed E-state index contributed by atoms with van der Waals surface area (Å²) in [6.07, 6.45) is 0.238. The zero-order chi connectivity index (χ0) is 15.2. The van der Waals surface area contributed by atoms with Crippen molar-refractivity contribution in [2.75, 3.05) is 24.6 Å². The number of nitrogens with one attached hydrogen (secondary N) is 1. The van der Waals surface area contributed by atoms with Gasteiger partial charge in [0.05, 0.1) is 0 Å². The molecule has 2 rings (SSSR count). The number of amides is 2. The molecule has 1 heterocycles. The molecule has 1 aliphatic heterocycles. The number of hydrogen-bond donors (Lipinski definition) is 2. The van der Waals surface area contributed by atoms with E-state index < -0.39 is 28.8 Å². The van der Waals surface area contributed by atoms with Crippen molar-refractivity contribution < 1.29 is 18.9 Å². The Bertz CT molecular complexity index is 525. The van der Waals surface area contributed by atoms with Crippen LogP contribution < -0.4 is 5.32 Å². The summed E-state index contributed by atoms with van der Waals surface area (Å²) in [4.78, 5) is 24.9. The standard InChI is InChI=1S/C14H18N2O4S/c17-13(18)12(10-11-4-2-1-3-5-11)15-14(19)16-6-8-21(20)9-7-16/h1-5,12H,6-10H2,(H,15,19)(H,17,18)/t12-/m0/s1. The Morgan fingerprint density at radius 2 is 1.86 bits per heavy atom. The molecule has 7 heteroatoms. The highest BCUT2D eigenvalue weighted by Crippen LogP contribution is 2.06. The van der Waals surface area contributed by atoms with Crippen LogP contribution in [0.2, 0.25) is 0 Å². The number of carboxylic acid groups (broad SMARTS) is 1. The van der Waals surface area contributed by atoms with Gasteiger partial charge in [0, 0.05) is 41.8 Å². The minimum Gasteiger partial charge on any atom is -0.480 e. The van der Waals surface area contributed by atoms with Gasteiger partial charge < -0.3 is 15.3 Å². The van der Waals surface area contributed by atoms with Crippen molar-refractivity contribution in [2.45, 2.75) is 12.5 Å². The lowest BCUT2D eigenvalue weighted by Gasteiger charge is -2.28. The summed E-state index contributed by atoms with van der Waals surface area (Å²) in [6, 6.07) is 7.79. The second kappa shape index (κ2) is 7.21. The second-order valence-corrected chi connectivity index (χ2v) is 6.56. The van der Waals surface area contributed by atoms with Crippen molar-refractivity contribution in [3.8, 4) is 0 Å². The van der Waals surface area contributed by atoms with Crippen molar-refractivity contribution in [1.29, 1.82) is 0 Å². The SMILES string of the molecule is O=C(O)[C@H](Cc1ccccc1)NC(=O)N1CCS(=O)CC1. The van der Waals surface area contributed by atoms with Crippen LogP contribution in [0.5, 0.6) is 0 Å². The molecular weight excluding hydrogens is 292 g/mol. The third-order valence-corrected chi connectivity index (χ3v) is 4.62. The van der Waals surface area contributed by atoms with E-state index in [9.17, 15) is 18.9 Å². The van der Waals surface area contributed by atoms with E-state index in [1.807, 2.05) is 30.3 Å². The summed E-state index contributed by atoms with van der Waals surface area (Å²) in [6.45, 7) is 0.798. The Morgan fingerprint density at radius 3 is 2.43 bits per heavy atom. The maximum atomic E-state index is 12.1. The van der Waals surface area contributed by atoms with Gasteiger partial charge in [-0.3, -0.25) is 4.21 Å². The van der Waals surface area contributed by atoms with Gasteiger partial charge in [0.2, 0.25) is 0 Å². The van der Waals surface area contributed by atoms with E-state index in [0.717, 1.165) is 5.56 Å². The molecule has 2 N–H and O–H groups in total. The number of carbonyl (C=O) groups is 2. The fraction of sp³-hybridized carbons (Fsp3) is 0.429. The lowest BCUT2D eigenvalue weighted by molar-refractivity contribution is -0.139. The molecule has 0 saturated carbocycles. The van der Waals surface area contributed by atoms with Gasteiger partial charge in [-0.15, -0.1) is 0 Å². The predicted molar refractivity (Wildman–Crippen MR) is 79.6 cm³/mol. The number of aliphatic carboxylic acids is 1. The van der Waals surface area contributed by atoms with E-state index in [0.29, 0.717) is 24.6 Å². The predicted octanol–water partition coefficient (Wildman–Crippen LogP) is 0.456. The first-order valence-electron chi connectivity index (χ1n) is 6.73. The lowest BCUT2D eigenvalue weighted by atomic mass is 10.1. The zero-order valence-electron chi connectivity index (χ0n) is 11.5. The molecule has 1 aromatic carbocycles. The monoisotopic (exact) mass is 310 g/mol. The lowest BCUT2D eigenvalue weighted by Crippen LogP contribution is -2.52. The highest BCUT2D eigenvalue weighted by molar-refractivity contribution is 7.85. The number of carbonyl (C=O) groups excluding carboxylic acids is 1. The maximum absolute atomic E-state index is 12.1. The molecule has 1 fully saturated rings. The quantitative estimate of drug-likeness (QED) is 0.846. The van der Waals surface area contributed by atoms with E-state index >= 15 is 0 Å². The molecule has 0 aliphatic carbocycles. The number of carboxylic acids is 1. The molecule has 0 radical (unpaired) electrons. The highest BCUT2D eigenvalue weighted by atomic mass is 32.2. The van der Waals surface area contributed by atoms with E-state index in [1.54, 1.807) is 0 Å². The Balaban J connectivity index is 1.95. The number of hydrogen-bond acceptors (Lipinski definition) is 3. The normalized spacial score (nSPS) is 17.2. The molecular formula is C14H18N2O4S. The average molecular weight is 310 g/mol. The molecule has 6 nitrogen and oxygen atoms in total. The van der Waals surface area contributed by atoms with Gasteiger partial charge in [-0.1, -0.05) is 30.3 Å². The largest absolute Gasteiger partial charge is 0.480 e. The summed E-state index contributed by atoms with van der Waals surface area (Å²) in [5.74, 6) is -0.166. The molecule has 1 aromatic rings. The fourth-order valence-corrected chi connectivity index (χ4v) is 3.18. The Kier molecular flexibility index (Phi) is 5.32. The van der Waals surface area contributed by atoms with Gasteiger partial charge in [-0.2, -0.15) is 0 Å². The molecule has 1 saturated heterocycles. The third kappa shape index (κ3) is 4.56. The highest BCUT2D eigenvalue weighted by Gasteiger charge is 2.25. The van der Waals surface area contributed by atoms with Crippen molar-refractivity contribution >= 4 is 22.8 Å². The fourth-order valence-electron chi connectivity index (χ4n) is 2.13.